The lowest BCUT2D eigenvalue weighted by molar-refractivity contribution is -0.122. The molecule has 0 bridgehead atoms. The third-order valence-electron chi connectivity index (χ3n) is 3.42. The molecule has 0 fully saturated rings. The van der Waals surface area contributed by atoms with Crippen molar-refractivity contribution in [3.8, 4) is 5.75 Å². The zero-order chi connectivity index (χ0) is 16.8. The van der Waals surface area contributed by atoms with Crippen LogP contribution in [-0.2, 0) is 9.59 Å². The number of benzene rings is 2. The number of nitrogens with zero attached hydrogens (tertiary/aromatic N) is 1. The van der Waals surface area contributed by atoms with Crippen LogP contribution in [0.3, 0.4) is 0 Å². The van der Waals surface area contributed by atoms with Gasteiger partial charge in [0.1, 0.15) is 5.75 Å². The van der Waals surface area contributed by atoms with E-state index in [9.17, 15) is 9.59 Å². The Morgan fingerprint density at radius 2 is 1.65 bits per heavy atom. The second-order valence-corrected chi connectivity index (χ2v) is 5.19. The van der Waals surface area contributed by atoms with Crippen molar-refractivity contribution in [1.82, 2.24) is 0 Å². The largest absolute Gasteiger partial charge is 0.481 e. The maximum Gasteiger partial charge on any atom is 0.265 e. The highest BCUT2D eigenvalue weighted by Crippen LogP contribution is 2.18. The molecule has 2 amide bonds. The van der Waals surface area contributed by atoms with Gasteiger partial charge in [-0.15, -0.1) is 0 Å². The SMILES string of the molecule is CC(=O)N(C)c1ccc(NC(=O)[C@@H](C)Oc2ccccc2)cc1. The fourth-order valence-electron chi connectivity index (χ4n) is 1.95. The van der Waals surface area contributed by atoms with Gasteiger partial charge >= 0.3 is 0 Å². The van der Waals surface area contributed by atoms with E-state index in [1.165, 1.54) is 11.8 Å². The molecule has 0 aliphatic heterocycles. The van der Waals surface area contributed by atoms with Crippen molar-refractivity contribution < 1.29 is 14.3 Å². The molecule has 120 valence electrons. The minimum Gasteiger partial charge on any atom is -0.481 e. The van der Waals surface area contributed by atoms with Crippen LogP contribution < -0.4 is 15.0 Å². The molecule has 23 heavy (non-hydrogen) atoms. The number of hydrogen-bond donors (Lipinski definition) is 1. The molecular weight excluding hydrogens is 292 g/mol. The number of ether oxygens (including phenoxy) is 1. The van der Waals surface area contributed by atoms with Gasteiger partial charge in [-0.3, -0.25) is 9.59 Å². The fraction of sp³-hybridized carbons (Fsp3) is 0.222. The predicted molar refractivity (Wildman–Crippen MR) is 90.7 cm³/mol. The first-order chi connectivity index (χ1) is 11.0. The van der Waals surface area contributed by atoms with E-state index < -0.39 is 6.10 Å². The van der Waals surface area contributed by atoms with Gasteiger partial charge in [0.25, 0.3) is 5.91 Å². The van der Waals surface area contributed by atoms with E-state index in [1.54, 1.807) is 50.4 Å². The first-order valence-electron chi connectivity index (χ1n) is 7.34. The molecule has 0 spiro atoms. The van der Waals surface area contributed by atoms with Gasteiger partial charge in [-0.25, -0.2) is 0 Å². The summed E-state index contributed by atoms with van der Waals surface area (Å²) < 4.78 is 5.58. The molecule has 0 aliphatic rings. The standard InChI is InChI=1S/C18H20N2O3/c1-13(23-17-7-5-4-6-8-17)18(22)19-15-9-11-16(12-10-15)20(3)14(2)21/h4-13H,1-3H3,(H,19,22)/t13-/m1/s1. The van der Waals surface area contributed by atoms with Gasteiger partial charge in [-0.1, -0.05) is 18.2 Å². The van der Waals surface area contributed by atoms with Crippen molar-refractivity contribution in [2.24, 2.45) is 0 Å². The number of anilines is 2. The van der Waals surface area contributed by atoms with Gasteiger partial charge in [0, 0.05) is 25.3 Å². The summed E-state index contributed by atoms with van der Waals surface area (Å²) in [6.45, 7) is 3.19. The third kappa shape index (κ3) is 4.57. The maximum absolute atomic E-state index is 12.1. The Labute approximate surface area is 135 Å². The second-order valence-electron chi connectivity index (χ2n) is 5.19. The highest BCUT2D eigenvalue weighted by atomic mass is 16.5. The number of hydrogen-bond acceptors (Lipinski definition) is 3. The van der Waals surface area contributed by atoms with E-state index in [-0.39, 0.29) is 11.8 Å². The highest BCUT2D eigenvalue weighted by molar-refractivity contribution is 5.95. The summed E-state index contributed by atoms with van der Waals surface area (Å²) in [5.74, 6) is 0.363. The van der Waals surface area contributed by atoms with Crippen LogP contribution >= 0.6 is 0 Å². The van der Waals surface area contributed by atoms with Crippen molar-refractivity contribution in [3.05, 3.63) is 54.6 Å². The van der Waals surface area contributed by atoms with Crippen LogP contribution in [0, 0.1) is 0 Å². The Bertz CT molecular complexity index is 668. The lowest BCUT2D eigenvalue weighted by atomic mass is 10.2. The molecular formula is C18H20N2O3. The summed E-state index contributed by atoms with van der Waals surface area (Å²) >= 11 is 0. The number of carbonyl (C=O) groups is 2. The molecule has 2 aromatic carbocycles. The fourth-order valence-corrected chi connectivity index (χ4v) is 1.95. The average molecular weight is 312 g/mol. The summed E-state index contributed by atoms with van der Waals surface area (Å²) in [6, 6.07) is 16.3. The Balaban J connectivity index is 1.96. The van der Waals surface area contributed by atoms with Gasteiger partial charge < -0.3 is 15.0 Å². The molecule has 1 N–H and O–H groups in total. The molecule has 2 aromatic rings. The van der Waals surface area contributed by atoms with Gasteiger partial charge in [-0.2, -0.15) is 0 Å². The van der Waals surface area contributed by atoms with E-state index in [0.29, 0.717) is 11.4 Å². The zero-order valence-electron chi connectivity index (χ0n) is 13.4. The molecule has 0 saturated carbocycles. The second kappa shape index (κ2) is 7.45. The third-order valence-corrected chi connectivity index (χ3v) is 3.42. The smallest absolute Gasteiger partial charge is 0.265 e. The van der Waals surface area contributed by atoms with Crippen LogP contribution in [0.1, 0.15) is 13.8 Å². The molecule has 0 saturated heterocycles. The molecule has 0 aliphatic carbocycles. The number of rotatable bonds is 5. The molecule has 0 heterocycles. The quantitative estimate of drug-likeness (QED) is 0.923. The average Bonchev–Trinajstić information content (AvgIpc) is 2.55. The van der Waals surface area contributed by atoms with Crippen molar-refractivity contribution in [2.45, 2.75) is 20.0 Å². The van der Waals surface area contributed by atoms with Gasteiger partial charge in [0.15, 0.2) is 6.10 Å². The number of carbonyl (C=O) groups excluding carboxylic acids is 2. The van der Waals surface area contributed by atoms with Crippen molar-refractivity contribution >= 4 is 23.2 Å². The van der Waals surface area contributed by atoms with Crippen LogP contribution in [0.4, 0.5) is 11.4 Å². The Morgan fingerprint density at radius 1 is 1.04 bits per heavy atom. The lowest BCUT2D eigenvalue weighted by Gasteiger charge is -2.17. The number of amides is 2. The molecule has 5 heteroatoms. The molecule has 1 atom stereocenters. The monoisotopic (exact) mass is 312 g/mol. The first-order valence-corrected chi connectivity index (χ1v) is 7.34. The predicted octanol–water partition coefficient (Wildman–Crippen LogP) is 3.08. The molecule has 5 nitrogen and oxygen atoms in total. The van der Waals surface area contributed by atoms with E-state index in [4.69, 9.17) is 4.74 Å². The number of para-hydroxylation sites is 1. The minimum absolute atomic E-state index is 0.0494. The summed E-state index contributed by atoms with van der Waals surface area (Å²) in [6.07, 6.45) is -0.614. The lowest BCUT2D eigenvalue weighted by Crippen LogP contribution is -2.30. The van der Waals surface area contributed by atoms with Gasteiger partial charge in [-0.05, 0) is 43.3 Å². The summed E-state index contributed by atoms with van der Waals surface area (Å²) in [7, 11) is 1.70. The highest BCUT2D eigenvalue weighted by Gasteiger charge is 2.15. The van der Waals surface area contributed by atoms with Gasteiger partial charge in [0.2, 0.25) is 5.91 Å². The van der Waals surface area contributed by atoms with Crippen molar-refractivity contribution in [1.29, 1.82) is 0 Å². The van der Waals surface area contributed by atoms with E-state index >= 15 is 0 Å². The van der Waals surface area contributed by atoms with Crippen LogP contribution in [0.25, 0.3) is 0 Å². The van der Waals surface area contributed by atoms with Crippen LogP contribution in [0.15, 0.2) is 54.6 Å². The maximum atomic E-state index is 12.1. The van der Waals surface area contributed by atoms with Gasteiger partial charge in [0.05, 0.1) is 0 Å². The summed E-state index contributed by atoms with van der Waals surface area (Å²) in [5.41, 5.74) is 1.42. The minimum atomic E-state index is -0.614. The van der Waals surface area contributed by atoms with E-state index in [0.717, 1.165) is 5.69 Å². The van der Waals surface area contributed by atoms with Crippen molar-refractivity contribution in [3.63, 3.8) is 0 Å². The molecule has 0 aromatic heterocycles. The number of nitrogens with one attached hydrogen (secondary N) is 1. The molecule has 0 radical (unpaired) electrons. The normalized spacial score (nSPS) is 11.4. The Kier molecular flexibility index (Phi) is 5.36. The van der Waals surface area contributed by atoms with Crippen LogP contribution in [0.2, 0.25) is 0 Å². The Morgan fingerprint density at radius 3 is 2.22 bits per heavy atom. The Hall–Kier alpha value is -2.82. The summed E-state index contributed by atoms with van der Waals surface area (Å²) in [5, 5.41) is 2.79. The van der Waals surface area contributed by atoms with Crippen LogP contribution in [-0.4, -0.2) is 25.0 Å². The molecule has 0 unspecified atom stereocenters. The molecule has 2 rings (SSSR count). The van der Waals surface area contributed by atoms with Crippen molar-refractivity contribution in [2.75, 3.05) is 17.3 Å². The van der Waals surface area contributed by atoms with Crippen LogP contribution in [0.5, 0.6) is 5.75 Å². The van der Waals surface area contributed by atoms with E-state index in [2.05, 4.69) is 5.32 Å². The first kappa shape index (κ1) is 16.5. The summed E-state index contributed by atoms with van der Waals surface area (Å²) in [4.78, 5) is 25.0. The zero-order valence-corrected chi connectivity index (χ0v) is 13.4. The van der Waals surface area contributed by atoms with E-state index in [1.807, 2.05) is 18.2 Å². The topological polar surface area (TPSA) is 58.6 Å².